The second-order valence-electron chi connectivity index (χ2n) is 5.79. The molecule has 0 heterocycles. The van der Waals surface area contributed by atoms with Gasteiger partial charge in [0.25, 0.3) is 0 Å². The van der Waals surface area contributed by atoms with Crippen molar-refractivity contribution in [2.75, 3.05) is 33.4 Å². The minimum Gasteiger partial charge on any atom is -0.392 e. The van der Waals surface area contributed by atoms with Crippen molar-refractivity contribution in [3.63, 3.8) is 0 Å². The molecule has 5 heteroatoms. The Morgan fingerprint density at radius 3 is 2.17 bits per heavy atom. The summed E-state index contributed by atoms with van der Waals surface area (Å²) in [6.07, 6.45) is -0.557. The fourth-order valence-electron chi connectivity index (χ4n) is 2.86. The maximum absolute atomic E-state index is 9.95. The minimum absolute atomic E-state index is 0.178. The van der Waals surface area contributed by atoms with Crippen LogP contribution in [0.1, 0.15) is 11.1 Å². The summed E-state index contributed by atoms with van der Waals surface area (Å²) < 4.78 is 4.97. The van der Waals surface area contributed by atoms with Crippen LogP contribution in [0.5, 0.6) is 0 Å². The van der Waals surface area contributed by atoms with E-state index in [1.54, 1.807) is 7.11 Å². The van der Waals surface area contributed by atoms with E-state index in [0.29, 0.717) is 13.2 Å². The number of benzene rings is 2. The summed E-state index contributed by atoms with van der Waals surface area (Å²) >= 11 is 0. The number of fused-ring (bicyclic) bond motifs is 3. The van der Waals surface area contributed by atoms with Gasteiger partial charge in [0.2, 0.25) is 0 Å². The maximum atomic E-state index is 9.95. The molecule has 0 amide bonds. The van der Waals surface area contributed by atoms with Gasteiger partial charge in [-0.2, -0.15) is 0 Å². The van der Waals surface area contributed by atoms with Crippen LogP contribution in [0, 0.1) is 0 Å². The third-order valence-corrected chi connectivity index (χ3v) is 4.04. The van der Waals surface area contributed by atoms with Gasteiger partial charge < -0.3 is 20.0 Å². The van der Waals surface area contributed by atoms with E-state index in [-0.39, 0.29) is 6.61 Å². The van der Waals surface area contributed by atoms with Gasteiger partial charge in [0.15, 0.2) is 0 Å². The highest BCUT2D eigenvalue weighted by atomic mass is 16.6. The van der Waals surface area contributed by atoms with E-state index >= 15 is 0 Å². The van der Waals surface area contributed by atoms with Crippen LogP contribution >= 0.6 is 0 Å². The van der Waals surface area contributed by atoms with Crippen molar-refractivity contribution in [3.8, 4) is 11.1 Å². The summed E-state index contributed by atoms with van der Waals surface area (Å²) in [5, 5.41) is 16.3. The number of nitrogens with two attached hydrogens (primary N) is 1. The highest BCUT2D eigenvalue weighted by Crippen LogP contribution is 2.36. The van der Waals surface area contributed by atoms with Crippen molar-refractivity contribution in [2.45, 2.75) is 6.10 Å². The molecule has 3 N–H and O–H groups in total. The van der Waals surface area contributed by atoms with Gasteiger partial charge >= 0.3 is 0 Å². The number of aliphatic hydroxyl groups excluding tert-OH is 1. The van der Waals surface area contributed by atoms with Gasteiger partial charge in [-0.25, -0.2) is 0 Å². The first-order valence-corrected chi connectivity index (χ1v) is 8.19. The third-order valence-electron chi connectivity index (χ3n) is 4.04. The Hall–Kier alpha value is -2.21. The number of ether oxygens (including phenoxy) is 1. The second-order valence-corrected chi connectivity index (χ2v) is 5.79. The molecule has 1 aliphatic carbocycles. The highest BCUT2D eigenvalue weighted by molar-refractivity contribution is 6.24. The Labute approximate surface area is 141 Å². The van der Waals surface area contributed by atoms with E-state index in [1.807, 2.05) is 41.7 Å². The van der Waals surface area contributed by atoms with E-state index < -0.39 is 6.10 Å². The van der Waals surface area contributed by atoms with E-state index in [1.165, 1.54) is 11.1 Å². The normalized spacial score (nSPS) is 13.3. The molecule has 0 saturated carbocycles. The van der Waals surface area contributed by atoms with Crippen LogP contribution in [-0.2, 0) is 9.57 Å². The smallest absolute Gasteiger partial charge is 0.148 e. The van der Waals surface area contributed by atoms with Gasteiger partial charge in [0.05, 0.1) is 13.2 Å². The van der Waals surface area contributed by atoms with Gasteiger partial charge in [-0.1, -0.05) is 53.7 Å². The number of hydrogen-bond donors (Lipinski definition) is 2. The van der Waals surface area contributed by atoms with Gasteiger partial charge in [0.1, 0.15) is 25.0 Å². The average Bonchev–Trinajstić information content (AvgIpc) is 2.93. The topological polar surface area (TPSA) is 67.7 Å². The lowest BCUT2D eigenvalue weighted by Crippen LogP contribution is -2.87. The monoisotopic (exact) mass is 327 g/mol. The first-order valence-electron chi connectivity index (χ1n) is 8.19. The summed E-state index contributed by atoms with van der Waals surface area (Å²) in [5.41, 5.74) is 5.31. The van der Waals surface area contributed by atoms with Gasteiger partial charge in [0, 0.05) is 18.2 Å². The van der Waals surface area contributed by atoms with Crippen LogP contribution in [0.3, 0.4) is 0 Å². The number of rotatable bonds is 8. The molecule has 0 fully saturated rings. The predicted molar refractivity (Wildman–Crippen MR) is 93.0 cm³/mol. The van der Waals surface area contributed by atoms with Gasteiger partial charge in [-0.3, -0.25) is 0 Å². The zero-order valence-electron chi connectivity index (χ0n) is 13.8. The second kappa shape index (κ2) is 8.06. The molecule has 2 aromatic carbocycles. The van der Waals surface area contributed by atoms with E-state index in [9.17, 15) is 5.11 Å². The quantitative estimate of drug-likeness (QED) is 0.479. The first-order chi connectivity index (χ1) is 11.8. The van der Waals surface area contributed by atoms with Crippen LogP contribution in [0.4, 0.5) is 0 Å². The molecule has 2 aromatic rings. The lowest BCUT2D eigenvalue weighted by molar-refractivity contribution is -0.662. The number of nitrogens with zero attached hydrogens (tertiary/aromatic N) is 1. The Kier molecular flexibility index (Phi) is 5.59. The molecule has 5 nitrogen and oxygen atoms in total. The molecule has 0 saturated heterocycles. The molecular weight excluding hydrogens is 304 g/mol. The van der Waals surface area contributed by atoms with E-state index in [0.717, 1.165) is 23.4 Å². The molecule has 0 aromatic heterocycles. The number of oxime groups is 1. The molecule has 1 aliphatic rings. The standard InChI is InChI=1S/C19H22N2O3/c1-23-11-10-20-12-14(22)13-24-21-19-17-8-4-2-6-15(17)16-7-3-5-9-18(16)19/h2-9,14,20,22H,10-13H2,1H3/p+1/t14-/m1/s1. The number of aliphatic hydroxyl groups is 1. The largest absolute Gasteiger partial charge is 0.392 e. The zero-order chi connectivity index (χ0) is 16.8. The SMILES string of the molecule is COCC[NH2+]C[C@@H](O)CON=C1c2ccccc2-c2ccccc21. The van der Waals surface area contributed by atoms with Crippen molar-refractivity contribution in [1.82, 2.24) is 0 Å². The molecule has 0 bridgehead atoms. The van der Waals surface area contributed by atoms with Crippen molar-refractivity contribution >= 4 is 5.71 Å². The average molecular weight is 327 g/mol. The Morgan fingerprint density at radius 1 is 1.00 bits per heavy atom. The van der Waals surface area contributed by atoms with Gasteiger partial charge in [-0.05, 0) is 11.1 Å². The van der Waals surface area contributed by atoms with Crippen molar-refractivity contribution in [1.29, 1.82) is 0 Å². The highest BCUT2D eigenvalue weighted by Gasteiger charge is 2.24. The number of hydrogen-bond acceptors (Lipinski definition) is 4. The molecule has 126 valence electrons. The van der Waals surface area contributed by atoms with E-state index in [4.69, 9.17) is 9.57 Å². The predicted octanol–water partition coefficient (Wildman–Crippen LogP) is 1.01. The Balaban J connectivity index is 1.65. The minimum atomic E-state index is -0.557. The summed E-state index contributed by atoms with van der Waals surface area (Å²) in [5.74, 6) is 0. The van der Waals surface area contributed by atoms with Crippen molar-refractivity contribution in [2.24, 2.45) is 5.16 Å². The summed E-state index contributed by atoms with van der Waals surface area (Å²) in [7, 11) is 1.67. The van der Waals surface area contributed by atoms with E-state index in [2.05, 4.69) is 17.3 Å². The molecule has 24 heavy (non-hydrogen) atoms. The third kappa shape index (κ3) is 3.64. The van der Waals surface area contributed by atoms with Gasteiger partial charge in [-0.15, -0.1) is 0 Å². The lowest BCUT2D eigenvalue weighted by Gasteiger charge is -2.09. The Bertz CT molecular complexity index is 668. The fraction of sp³-hybridized carbons (Fsp3) is 0.316. The maximum Gasteiger partial charge on any atom is 0.148 e. The fourth-order valence-corrected chi connectivity index (χ4v) is 2.86. The molecular formula is C19H23N2O3+. The lowest BCUT2D eigenvalue weighted by atomic mass is 10.1. The molecule has 0 spiro atoms. The van der Waals surface area contributed by atoms with Crippen molar-refractivity contribution < 1.29 is 20.0 Å². The summed E-state index contributed by atoms with van der Waals surface area (Å²) in [6.45, 7) is 2.24. The van der Waals surface area contributed by atoms with Crippen LogP contribution in [0.2, 0.25) is 0 Å². The molecule has 3 rings (SSSR count). The zero-order valence-corrected chi connectivity index (χ0v) is 13.8. The van der Waals surface area contributed by atoms with Crippen LogP contribution < -0.4 is 5.32 Å². The molecule has 0 radical (unpaired) electrons. The number of methoxy groups -OCH3 is 1. The van der Waals surface area contributed by atoms with Crippen LogP contribution in [-0.4, -0.2) is 50.3 Å². The Morgan fingerprint density at radius 2 is 1.58 bits per heavy atom. The van der Waals surface area contributed by atoms with Crippen molar-refractivity contribution in [3.05, 3.63) is 59.7 Å². The first kappa shape index (κ1) is 16.6. The molecule has 0 unspecified atom stereocenters. The van der Waals surface area contributed by atoms with Crippen LogP contribution in [0.15, 0.2) is 53.7 Å². The summed E-state index contributed by atoms with van der Waals surface area (Å²) in [4.78, 5) is 5.44. The molecule has 1 atom stereocenters. The number of quaternary nitrogens is 1. The van der Waals surface area contributed by atoms with Crippen LogP contribution in [0.25, 0.3) is 11.1 Å². The molecule has 0 aliphatic heterocycles. The summed E-state index contributed by atoms with van der Waals surface area (Å²) in [6, 6.07) is 16.3.